The predicted molar refractivity (Wildman–Crippen MR) is 162 cm³/mol. The van der Waals surface area contributed by atoms with Crippen molar-refractivity contribution in [2.45, 2.75) is 58.3 Å². The molecule has 0 bridgehead atoms. The number of anilines is 1. The van der Waals surface area contributed by atoms with E-state index in [1.807, 2.05) is 68.4 Å². The van der Waals surface area contributed by atoms with Gasteiger partial charge in [-0.3, -0.25) is 13.9 Å². The molecule has 3 rings (SSSR count). The Hall–Kier alpha value is -3.86. The van der Waals surface area contributed by atoms with E-state index >= 15 is 0 Å². The first-order chi connectivity index (χ1) is 20.3. The molecule has 1 atom stereocenters. The van der Waals surface area contributed by atoms with Crippen molar-refractivity contribution in [2.24, 2.45) is 0 Å². The second kappa shape index (κ2) is 15.0. The van der Waals surface area contributed by atoms with Crippen LogP contribution in [0.15, 0.2) is 78.9 Å². The van der Waals surface area contributed by atoms with Gasteiger partial charge in [0.2, 0.25) is 21.8 Å². The highest BCUT2D eigenvalue weighted by Gasteiger charge is 2.32. The van der Waals surface area contributed by atoms with Crippen LogP contribution in [-0.2, 0) is 38.8 Å². The predicted octanol–water partition coefficient (Wildman–Crippen LogP) is 5.73. The van der Waals surface area contributed by atoms with Crippen LogP contribution < -0.4 is 9.62 Å². The molecule has 7 nitrogen and oxygen atoms in total. The fourth-order valence-corrected chi connectivity index (χ4v) is 5.73. The molecule has 3 aromatic carbocycles. The zero-order chi connectivity index (χ0) is 31.6. The number of carbonyl (C=O) groups is 2. The number of carbonyl (C=O) groups excluding carboxylic acids is 2. The van der Waals surface area contributed by atoms with Crippen LogP contribution in [0.1, 0.15) is 48.4 Å². The molecular weight excluding hydrogens is 579 g/mol. The average molecular weight is 618 g/mol. The Bertz CT molecular complexity index is 1480. The Morgan fingerprint density at radius 1 is 0.930 bits per heavy atom. The summed E-state index contributed by atoms with van der Waals surface area (Å²) in [6, 6.07) is 20.2. The van der Waals surface area contributed by atoms with Gasteiger partial charge in [-0.1, -0.05) is 73.2 Å². The van der Waals surface area contributed by atoms with Gasteiger partial charge >= 0.3 is 6.18 Å². The molecule has 0 heterocycles. The lowest BCUT2D eigenvalue weighted by Gasteiger charge is -2.32. The highest BCUT2D eigenvalue weighted by Crippen LogP contribution is 2.32. The summed E-state index contributed by atoms with van der Waals surface area (Å²) in [5.41, 5.74) is 1.58. The quantitative estimate of drug-likeness (QED) is 0.251. The first kappa shape index (κ1) is 33.6. The minimum atomic E-state index is -4.64. The number of alkyl halides is 3. The highest BCUT2D eigenvalue weighted by molar-refractivity contribution is 7.92. The van der Waals surface area contributed by atoms with Gasteiger partial charge in [0.25, 0.3) is 0 Å². The molecule has 0 fully saturated rings. The second-order valence-corrected chi connectivity index (χ2v) is 12.4. The van der Waals surface area contributed by atoms with Gasteiger partial charge in [0.15, 0.2) is 0 Å². The van der Waals surface area contributed by atoms with Crippen LogP contribution >= 0.6 is 0 Å². The Kier molecular flexibility index (Phi) is 11.8. The van der Waals surface area contributed by atoms with E-state index in [2.05, 4.69) is 5.32 Å². The number of rotatable bonds is 14. The van der Waals surface area contributed by atoms with Crippen LogP contribution in [0.5, 0.6) is 0 Å². The molecule has 11 heteroatoms. The monoisotopic (exact) mass is 617 g/mol. The third-order valence-electron chi connectivity index (χ3n) is 6.87. The van der Waals surface area contributed by atoms with E-state index in [9.17, 15) is 31.2 Å². The molecule has 0 radical (unpaired) electrons. The summed E-state index contributed by atoms with van der Waals surface area (Å²) in [6.07, 6.45) is -2.84. The van der Waals surface area contributed by atoms with E-state index in [-0.39, 0.29) is 49.9 Å². The molecule has 0 aromatic heterocycles. The van der Waals surface area contributed by atoms with Crippen molar-refractivity contribution < 1.29 is 31.2 Å². The number of hydrogen-bond donors (Lipinski definition) is 1. The van der Waals surface area contributed by atoms with Crippen molar-refractivity contribution in [3.05, 3.63) is 101 Å². The fraction of sp³-hybridized carbons (Fsp3) is 0.375. The largest absolute Gasteiger partial charge is 0.416 e. The van der Waals surface area contributed by atoms with Crippen LogP contribution in [0.3, 0.4) is 0 Å². The SMILES string of the molecule is CCCNC(=O)[C@@H](Cc1ccccc1)N(Cc1cccc(C)c1)C(=O)CCCN(c1cccc(C(F)(F)F)c1)S(C)(=O)=O. The molecule has 0 aliphatic carbocycles. The molecule has 3 aromatic rings. The summed E-state index contributed by atoms with van der Waals surface area (Å²) >= 11 is 0. The van der Waals surface area contributed by atoms with Gasteiger partial charge in [-0.15, -0.1) is 0 Å². The molecule has 1 N–H and O–H groups in total. The van der Waals surface area contributed by atoms with E-state index in [4.69, 9.17) is 0 Å². The number of benzene rings is 3. The van der Waals surface area contributed by atoms with Crippen molar-refractivity contribution in [1.29, 1.82) is 0 Å². The van der Waals surface area contributed by atoms with Gasteiger partial charge in [-0.2, -0.15) is 13.2 Å². The average Bonchev–Trinajstić information content (AvgIpc) is 2.95. The third-order valence-corrected chi connectivity index (χ3v) is 8.06. The molecule has 232 valence electrons. The van der Waals surface area contributed by atoms with E-state index in [0.717, 1.165) is 45.5 Å². The minimum absolute atomic E-state index is 0.0289. The summed E-state index contributed by atoms with van der Waals surface area (Å²) in [4.78, 5) is 28.8. The van der Waals surface area contributed by atoms with Crippen molar-refractivity contribution in [3.8, 4) is 0 Å². The summed E-state index contributed by atoms with van der Waals surface area (Å²) in [5, 5.41) is 2.91. The van der Waals surface area contributed by atoms with Gasteiger partial charge in [-0.25, -0.2) is 8.42 Å². The second-order valence-electron chi connectivity index (χ2n) is 10.5. The van der Waals surface area contributed by atoms with Crippen LogP contribution in [0.2, 0.25) is 0 Å². The lowest BCUT2D eigenvalue weighted by molar-refractivity contribution is -0.141. The number of nitrogens with zero attached hydrogens (tertiary/aromatic N) is 2. The molecule has 0 saturated carbocycles. The first-order valence-electron chi connectivity index (χ1n) is 14.1. The fourth-order valence-electron chi connectivity index (χ4n) is 4.77. The van der Waals surface area contributed by atoms with Gasteiger partial charge < -0.3 is 10.2 Å². The Morgan fingerprint density at radius 3 is 2.23 bits per heavy atom. The normalized spacial score (nSPS) is 12.4. The van der Waals surface area contributed by atoms with Gasteiger partial charge in [-0.05, 0) is 49.1 Å². The van der Waals surface area contributed by atoms with Crippen LogP contribution in [-0.4, -0.2) is 50.5 Å². The zero-order valence-corrected chi connectivity index (χ0v) is 25.4. The van der Waals surface area contributed by atoms with Gasteiger partial charge in [0, 0.05) is 32.5 Å². The molecule has 0 aliphatic heterocycles. The lowest BCUT2D eigenvalue weighted by Crippen LogP contribution is -2.50. The summed E-state index contributed by atoms with van der Waals surface area (Å²) in [7, 11) is -3.96. The zero-order valence-electron chi connectivity index (χ0n) is 24.6. The van der Waals surface area contributed by atoms with Crippen LogP contribution in [0, 0.1) is 6.92 Å². The molecule has 0 aliphatic rings. The lowest BCUT2D eigenvalue weighted by atomic mass is 10.0. The van der Waals surface area contributed by atoms with Gasteiger partial charge in [0.05, 0.1) is 17.5 Å². The molecule has 43 heavy (non-hydrogen) atoms. The maximum atomic E-state index is 13.8. The number of nitrogens with one attached hydrogen (secondary N) is 1. The Balaban J connectivity index is 1.89. The van der Waals surface area contributed by atoms with Crippen molar-refractivity contribution in [3.63, 3.8) is 0 Å². The number of hydrogen-bond acceptors (Lipinski definition) is 4. The van der Waals surface area contributed by atoms with Crippen LogP contribution in [0.4, 0.5) is 18.9 Å². The number of amides is 2. The highest BCUT2D eigenvalue weighted by atomic mass is 32.2. The third kappa shape index (κ3) is 10.1. The first-order valence-corrected chi connectivity index (χ1v) is 16.0. The van der Waals surface area contributed by atoms with Crippen molar-refractivity contribution >= 4 is 27.5 Å². The maximum Gasteiger partial charge on any atom is 0.416 e. The summed E-state index contributed by atoms with van der Waals surface area (Å²) < 4.78 is 65.9. The molecular formula is C32H38F3N3O4S. The van der Waals surface area contributed by atoms with E-state index in [1.54, 1.807) is 0 Å². The standard InChI is InChI=1S/C32H38F3N3O4S/c1-4-18-36-31(40)29(21-25-12-6-5-7-13-25)37(23-26-14-8-11-24(2)20-26)30(39)17-10-19-38(43(3,41)42)28-16-9-15-27(22-28)32(33,34)35/h5-9,11-16,20,22,29H,4,10,17-19,21,23H2,1-3H3,(H,36,40)/t29-/m1/s1. The molecule has 0 saturated heterocycles. The van der Waals surface area contributed by atoms with E-state index in [1.165, 1.54) is 11.0 Å². The number of sulfonamides is 1. The molecule has 2 amide bonds. The maximum absolute atomic E-state index is 13.8. The van der Waals surface area contributed by atoms with Crippen molar-refractivity contribution in [2.75, 3.05) is 23.7 Å². The smallest absolute Gasteiger partial charge is 0.354 e. The topological polar surface area (TPSA) is 86.8 Å². The number of aryl methyl sites for hydroxylation is 1. The van der Waals surface area contributed by atoms with Gasteiger partial charge in [0.1, 0.15) is 6.04 Å². The van der Waals surface area contributed by atoms with Crippen molar-refractivity contribution in [1.82, 2.24) is 10.2 Å². The Morgan fingerprint density at radius 2 is 1.60 bits per heavy atom. The number of halogens is 3. The summed E-state index contributed by atoms with van der Waals surface area (Å²) in [5.74, 6) is -0.667. The van der Waals surface area contributed by atoms with E-state index < -0.39 is 27.8 Å². The minimum Gasteiger partial charge on any atom is -0.354 e. The van der Waals surface area contributed by atoms with Crippen LogP contribution in [0.25, 0.3) is 0 Å². The Labute approximate surface area is 251 Å². The summed E-state index contributed by atoms with van der Waals surface area (Å²) in [6.45, 7) is 4.24. The van der Waals surface area contributed by atoms with E-state index in [0.29, 0.717) is 13.0 Å². The molecule has 0 unspecified atom stereocenters. The molecule has 0 spiro atoms.